The Kier molecular flexibility index (Phi) is 11.1. The summed E-state index contributed by atoms with van der Waals surface area (Å²) in [5.74, 6) is 2.40. The molecule has 48 heavy (non-hydrogen) atoms. The Morgan fingerprint density at radius 2 is 1.69 bits per heavy atom. The van der Waals surface area contributed by atoms with E-state index in [2.05, 4.69) is 26.1 Å². The quantitative estimate of drug-likeness (QED) is 0.227. The lowest BCUT2D eigenvalue weighted by Gasteiger charge is -2.37. The van der Waals surface area contributed by atoms with Crippen LogP contribution < -0.4 is 15.0 Å². The fourth-order valence-electron chi connectivity index (χ4n) is 6.74. The fraction of sp³-hybridized carbons (Fsp3) is 0.500. The number of amides is 1. The number of methoxy groups -OCH3 is 1. The van der Waals surface area contributed by atoms with Gasteiger partial charge in [0.15, 0.2) is 0 Å². The van der Waals surface area contributed by atoms with Crippen LogP contribution in [0.25, 0.3) is 11.3 Å². The number of esters is 1. The molecule has 0 spiro atoms. The molecule has 0 radical (unpaired) electrons. The van der Waals surface area contributed by atoms with Gasteiger partial charge >= 0.3 is 5.97 Å². The topological polar surface area (TPSA) is 100 Å². The molecule has 2 aliphatic heterocycles. The minimum Gasteiger partial charge on any atom is -0.469 e. The zero-order valence-corrected chi connectivity index (χ0v) is 29.2. The second-order valence-electron chi connectivity index (χ2n) is 13.5. The maximum Gasteiger partial charge on any atom is 0.306 e. The van der Waals surface area contributed by atoms with Gasteiger partial charge in [0.1, 0.15) is 11.6 Å². The molecule has 12 heteroatoms. The van der Waals surface area contributed by atoms with E-state index in [0.717, 1.165) is 107 Å². The lowest BCUT2D eigenvalue weighted by Crippen LogP contribution is -2.48. The van der Waals surface area contributed by atoms with Crippen LogP contribution in [0.15, 0.2) is 48.7 Å². The SMILES string of the molecule is COC(=O)CC1(CN2CCN(c3ccc(Oc4cc(CN5CCC(CNC(C)=O)CC5)cc(-c5cc(Cl)cc(Cl)c5)n4)cn3)CC2)CC1. The van der Waals surface area contributed by atoms with Crippen molar-refractivity contribution in [2.24, 2.45) is 11.3 Å². The molecule has 0 unspecified atom stereocenters. The van der Waals surface area contributed by atoms with Crippen molar-refractivity contribution in [3.8, 4) is 22.9 Å². The number of pyridine rings is 2. The average molecular weight is 696 g/mol. The van der Waals surface area contributed by atoms with E-state index >= 15 is 0 Å². The molecule has 3 aromatic rings. The first-order valence-corrected chi connectivity index (χ1v) is 17.5. The number of piperidine rings is 1. The van der Waals surface area contributed by atoms with Gasteiger partial charge in [-0.1, -0.05) is 23.2 Å². The molecule has 3 fully saturated rings. The summed E-state index contributed by atoms with van der Waals surface area (Å²) < 4.78 is 11.2. The Bertz CT molecular complexity index is 1570. The number of aromatic nitrogens is 2. The van der Waals surface area contributed by atoms with Gasteiger partial charge in [0.2, 0.25) is 11.8 Å². The normalized spacial score (nSPS) is 18.4. The number of rotatable bonds is 12. The summed E-state index contributed by atoms with van der Waals surface area (Å²) in [6.07, 6.45) is 6.53. The van der Waals surface area contributed by atoms with E-state index in [4.69, 9.17) is 42.6 Å². The van der Waals surface area contributed by atoms with Crippen LogP contribution in [0.3, 0.4) is 0 Å². The second kappa shape index (κ2) is 15.4. The Balaban J connectivity index is 1.10. The first kappa shape index (κ1) is 34.4. The standard InChI is InChI=1S/C36H44Cl2N6O4/c1-25(45)39-21-26-5-9-42(10-6-26)23-27-15-32(28-17-29(37)19-30(38)18-28)41-34(16-27)48-31-3-4-33(40-22-31)44-13-11-43(12-14-44)24-36(7-8-36)20-35(46)47-2/h3-4,15-19,22,26H,5-14,20-21,23-24H2,1-2H3,(H,39,45). The van der Waals surface area contributed by atoms with Crippen LogP contribution in [-0.2, 0) is 20.9 Å². The third-order valence-electron chi connectivity index (χ3n) is 9.68. The van der Waals surface area contributed by atoms with Crippen molar-refractivity contribution < 1.29 is 19.1 Å². The Labute approximate surface area is 292 Å². The number of nitrogens with one attached hydrogen (secondary N) is 1. The summed E-state index contributed by atoms with van der Waals surface area (Å²) >= 11 is 12.7. The van der Waals surface area contributed by atoms with E-state index in [0.29, 0.717) is 34.0 Å². The van der Waals surface area contributed by atoms with Gasteiger partial charge in [0.25, 0.3) is 0 Å². The number of carbonyl (C=O) groups is 2. The highest BCUT2D eigenvalue weighted by atomic mass is 35.5. The Hall–Kier alpha value is -3.44. The van der Waals surface area contributed by atoms with Crippen molar-refractivity contribution in [2.45, 2.75) is 45.6 Å². The largest absolute Gasteiger partial charge is 0.469 e. The fourth-order valence-corrected chi connectivity index (χ4v) is 7.27. The minimum absolute atomic E-state index is 0.0230. The Morgan fingerprint density at radius 3 is 2.31 bits per heavy atom. The molecular formula is C36H44Cl2N6O4. The van der Waals surface area contributed by atoms with Gasteiger partial charge in [0, 0.05) is 74.4 Å². The average Bonchev–Trinajstić information content (AvgIpc) is 3.82. The Morgan fingerprint density at radius 1 is 0.958 bits per heavy atom. The number of ether oxygens (including phenoxy) is 2. The van der Waals surface area contributed by atoms with Gasteiger partial charge in [-0.15, -0.1) is 0 Å². The summed E-state index contributed by atoms with van der Waals surface area (Å²) in [6.45, 7) is 9.52. The van der Waals surface area contributed by atoms with Crippen molar-refractivity contribution in [2.75, 3.05) is 64.4 Å². The van der Waals surface area contributed by atoms with Crippen LogP contribution in [0.2, 0.25) is 10.0 Å². The van der Waals surface area contributed by atoms with Crippen molar-refractivity contribution in [3.05, 3.63) is 64.3 Å². The van der Waals surface area contributed by atoms with Crippen LogP contribution in [0, 0.1) is 11.3 Å². The maximum absolute atomic E-state index is 11.8. The molecule has 6 rings (SSSR count). The highest BCUT2D eigenvalue weighted by molar-refractivity contribution is 6.35. The van der Waals surface area contributed by atoms with Gasteiger partial charge in [-0.25, -0.2) is 9.97 Å². The maximum atomic E-state index is 11.8. The molecule has 2 aromatic heterocycles. The minimum atomic E-state index is -0.110. The molecule has 1 saturated carbocycles. The van der Waals surface area contributed by atoms with Gasteiger partial charge in [-0.3, -0.25) is 19.4 Å². The molecule has 1 amide bonds. The molecule has 4 heterocycles. The number of piperazine rings is 1. The zero-order chi connectivity index (χ0) is 33.7. The van der Waals surface area contributed by atoms with Gasteiger partial charge < -0.3 is 19.7 Å². The summed E-state index contributed by atoms with van der Waals surface area (Å²) in [5.41, 5.74) is 2.73. The molecule has 2 saturated heterocycles. The number of nitrogens with zero attached hydrogens (tertiary/aromatic N) is 5. The van der Waals surface area contributed by atoms with Crippen LogP contribution in [0.4, 0.5) is 5.82 Å². The zero-order valence-electron chi connectivity index (χ0n) is 27.7. The molecule has 10 nitrogen and oxygen atoms in total. The molecule has 1 aromatic carbocycles. The molecular weight excluding hydrogens is 651 g/mol. The third-order valence-corrected chi connectivity index (χ3v) is 10.1. The van der Waals surface area contributed by atoms with Crippen molar-refractivity contribution >= 4 is 40.9 Å². The van der Waals surface area contributed by atoms with Crippen LogP contribution in [0.1, 0.15) is 44.6 Å². The third kappa shape index (κ3) is 9.37. The molecule has 1 N–H and O–H groups in total. The van der Waals surface area contributed by atoms with Gasteiger partial charge in [0.05, 0.1) is 25.4 Å². The number of carbonyl (C=O) groups excluding carboxylic acids is 2. The molecule has 256 valence electrons. The van der Waals surface area contributed by atoms with E-state index in [1.807, 2.05) is 30.3 Å². The van der Waals surface area contributed by atoms with Crippen LogP contribution >= 0.6 is 23.2 Å². The van der Waals surface area contributed by atoms with E-state index in [1.54, 1.807) is 19.2 Å². The molecule has 0 bridgehead atoms. The van der Waals surface area contributed by atoms with Crippen LogP contribution in [-0.4, -0.2) is 91.1 Å². The van der Waals surface area contributed by atoms with E-state index in [1.165, 1.54) is 7.11 Å². The summed E-state index contributed by atoms with van der Waals surface area (Å²) in [7, 11) is 1.47. The van der Waals surface area contributed by atoms with E-state index in [9.17, 15) is 9.59 Å². The van der Waals surface area contributed by atoms with Crippen LogP contribution in [0.5, 0.6) is 11.6 Å². The smallest absolute Gasteiger partial charge is 0.306 e. The summed E-state index contributed by atoms with van der Waals surface area (Å²) in [4.78, 5) is 39.9. The van der Waals surface area contributed by atoms with Crippen molar-refractivity contribution in [1.29, 1.82) is 0 Å². The van der Waals surface area contributed by atoms with E-state index < -0.39 is 0 Å². The first-order valence-electron chi connectivity index (χ1n) is 16.8. The second-order valence-corrected chi connectivity index (χ2v) is 14.4. The molecule has 3 aliphatic rings. The van der Waals surface area contributed by atoms with E-state index in [-0.39, 0.29) is 17.3 Å². The number of anilines is 1. The predicted molar refractivity (Wildman–Crippen MR) is 188 cm³/mol. The summed E-state index contributed by atoms with van der Waals surface area (Å²) in [5, 5.41) is 4.05. The lowest BCUT2D eigenvalue weighted by atomic mass is 9.96. The number of benzene rings is 1. The molecule has 0 atom stereocenters. The highest BCUT2D eigenvalue weighted by Gasteiger charge is 2.46. The first-order chi connectivity index (χ1) is 23.1. The lowest BCUT2D eigenvalue weighted by molar-refractivity contribution is -0.142. The number of halogens is 2. The number of likely N-dealkylation sites (tertiary alicyclic amines) is 1. The number of hydrogen-bond acceptors (Lipinski definition) is 9. The molecule has 1 aliphatic carbocycles. The highest BCUT2D eigenvalue weighted by Crippen LogP contribution is 2.49. The van der Waals surface area contributed by atoms with Gasteiger partial charge in [-0.2, -0.15) is 0 Å². The van der Waals surface area contributed by atoms with Crippen molar-refractivity contribution in [3.63, 3.8) is 0 Å². The summed E-state index contributed by atoms with van der Waals surface area (Å²) in [6, 6.07) is 13.4. The van der Waals surface area contributed by atoms with Gasteiger partial charge in [-0.05, 0) is 92.1 Å². The van der Waals surface area contributed by atoms with Crippen molar-refractivity contribution in [1.82, 2.24) is 25.1 Å². The number of hydrogen-bond donors (Lipinski definition) is 1. The monoisotopic (exact) mass is 694 g/mol. The predicted octanol–water partition coefficient (Wildman–Crippen LogP) is 6.06.